The summed E-state index contributed by atoms with van der Waals surface area (Å²) in [5.41, 5.74) is 0.0511. The second kappa shape index (κ2) is 12.1. The number of hydrogen-bond acceptors (Lipinski definition) is 3. The summed E-state index contributed by atoms with van der Waals surface area (Å²) >= 11 is 0. The molecule has 1 N–H and O–H groups in total. The van der Waals surface area contributed by atoms with E-state index in [2.05, 4.69) is 10.3 Å². The Labute approximate surface area is 176 Å². The molecule has 5 nitrogen and oxygen atoms in total. The van der Waals surface area contributed by atoms with Gasteiger partial charge in [-0.05, 0) is 45.2 Å². The van der Waals surface area contributed by atoms with E-state index in [4.69, 9.17) is 4.74 Å². The van der Waals surface area contributed by atoms with E-state index in [1.54, 1.807) is 6.92 Å². The number of aliphatic imine (C=N–C) groups is 1. The quantitative estimate of drug-likeness (QED) is 0.285. The van der Waals surface area contributed by atoms with Crippen molar-refractivity contribution in [2.45, 2.75) is 33.1 Å². The highest BCUT2D eigenvalue weighted by molar-refractivity contribution is 14.0. The SMILES string of the molecule is CCNC(=NCCc1c(F)cccc1F)N1CCCC(C(=O)OCC)C1.I. The zero-order valence-corrected chi connectivity index (χ0v) is 18.2. The number of benzene rings is 1. The van der Waals surface area contributed by atoms with Gasteiger partial charge in [0.1, 0.15) is 11.6 Å². The molecule has 8 heteroatoms. The van der Waals surface area contributed by atoms with Gasteiger partial charge in [-0.1, -0.05) is 6.07 Å². The molecule has 152 valence electrons. The Kier molecular flexibility index (Phi) is 10.6. The molecule has 1 saturated heterocycles. The molecule has 2 rings (SSSR count). The van der Waals surface area contributed by atoms with E-state index < -0.39 is 11.6 Å². The number of carbonyl (C=O) groups is 1. The van der Waals surface area contributed by atoms with E-state index in [0.717, 1.165) is 19.4 Å². The molecular weight excluding hydrogens is 467 g/mol. The van der Waals surface area contributed by atoms with Gasteiger partial charge in [0, 0.05) is 31.7 Å². The number of rotatable bonds is 6. The number of piperidine rings is 1. The molecule has 1 aromatic rings. The van der Waals surface area contributed by atoms with Crippen molar-refractivity contribution in [2.24, 2.45) is 10.9 Å². The first-order valence-electron chi connectivity index (χ1n) is 9.19. The lowest BCUT2D eigenvalue weighted by Crippen LogP contribution is -2.48. The van der Waals surface area contributed by atoms with E-state index in [0.29, 0.717) is 25.7 Å². The number of halogens is 3. The number of esters is 1. The highest BCUT2D eigenvalue weighted by Gasteiger charge is 2.28. The Morgan fingerprint density at radius 3 is 2.67 bits per heavy atom. The van der Waals surface area contributed by atoms with Crippen molar-refractivity contribution < 1.29 is 18.3 Å². The average Bonchev–Trinajstić information content (AvgIpc) is 2.63. The third-order valence-corrected chi connectivity index (χ3v) is 4.36. The molecule has 1 fully saturated rings. The Balaban J connectivity index is 0.00000364. The molecule has 1 aliphatic rings. The molecule has 0 aromatic heterocycles. The molecule has 1 aliphatic heterocycles. The first-order chi connectivity index (χ1) is 12.6. The largest absolute Gasteiger partial charge is 0.466 e. The predicted molar refractivity (Wildman–Crippen MR) is 112 cm³/mol. The maximum atomic E-state index is 13.7. The van der Waals surface area contributed by atoms with Crippen molar-refractivity contribution in [3.63, 3.8) is 0 Å². The van der Waals surface area contributed by atoms with Crippen LogP contribution in [0.5, 0.6) is 0 Å². The molecule has 1 aromatic carbocycles. The van der Waals surface area contributed by atoms with Gasteiger partial charge in [-0.25, -0.2) is 8.78 Å². The lowest BCUT2D eigenvalue weighted by molar-refractivity contribution is -0.149. The predicted octanol–water partition coefficient (Wildman–Crippen LogP) is 3.37. The van der Waals surface area contributed by atoms with Crippen LogP contribution in [0.2, 0.25) is 0 Å². The van der Waals surface area contributed by atoms with Crippen molar-refractivity contribution >= 4 is 35.9 Å². The molecule has 1 atom stereocenters. The topological polar surface area (TPSA) is 53.9 Å². The highest BCUT2D eigenvalue weighted by Crippen LogP contribution is 2.18. The van der Waals surface area contributed by atoms with Crippen LogP contribution in [0.3, 0.4) is 0 Å². The Morgan fingerprint density at radius 2 is 2.04 bits per heavy atom. The van der Waals surface area contributed by atoms with Crippen LogP contribution in [0, 0.1) is 17.6 Å². The summed E-state index contributed by atoms with van der Waals surface area (Å²) in [5.74, 6) is -0.785. The van der Waals surface area contributed by atoms with Crippen LogP contribution in [0.15, 0.2) is 23.2 Å². The molecule has 1 heterocycles. The number of carbonyl (C=O) groups excluding carboxylic acids is 1. The van der Waals surface area contributed by atoms with E-state index in [9.17, 15) is 13.6 Å². The Hall–Kier alpha value is -1.45. The van der Waals surface area contributed by atoms with Crippen molar-refractivity contribution in [3.05, 3.63) is 35.4 Å². The average molecular weight is 495 g/mol. The number of ether oxygens (including phenoxy) is 1. The first-order valence-corrected chi connectivity index (χ1v) is 9.19. The van der Waals surface area contributed by atoms with Gasteiger partial charge in [0.2, 0.25) is 0 Å². The van der Waals surface area contributed by atoms with Crippen LogP contribution in [-0.2, 0) is 16.0 Å². The van der Waals surface area contributed by atoms with E-state index in [1.165, 1.54) is 18.2 Å². The molecule has 0 aliphatic carbocycles. The zero-order valence-electron chi connectivity index (χ0n) is 15.8. The van der Waals surface area contributed by atoms with Crippen molar-refractivity contribution in [3.8, 4) is 0 Å². The lowest BCUT2D eigenvalue weighted by Gasteiger charge is -2.34. The van der Waals surface area contributed by atoms with Gasteiger partial charge in [-0.3, -0.25) is 9.79 Å². The molecule has 0 radical (unpaired) electrons. The van der Waals surface area contributed by atoms with E-state index in [1.807, 2.05) is 11.8 Å². The van der Waals surface area contributed by atoms with Crippen LogP contribution in [0.25, 0.3) is 0 Å². The van der Waals surface area contributed by atoms with E-state index in [-0.39, 0.29) is 54.4 Å². The molecule has 0 bridgehead atoms. The van der Waals surface area contributed by atoms with Gasteiger partial charge in [0.25, 0.3) is 0 Å². The minimum Gasteiger partial charge on any atom is -0.466 e. The van der Waals surface area contributed by atoms with Gasteiger partial charge < -0.3 is 15.0 Å². The Morgan fingerprint density at radius 1 is 1.33 bits per heavy atom. The summed E-state index contributed by atoms with van der Waals surface area (Å²) in [6.45, 7) is 6.39. The van der Waals surface area contributed by atoms with Gasteiger partial charge in [0.15, 0.2) is 5.96 Å². The minimum absolute atomic E-state index is 0. The van der Waals surface area contributed by atoms with Crippen LogP contribution >= 0.6 is 24.0 Å². The third-order valence-electron chi connectivity index (χ3n) is 4.36. The van der Waals surface area contributed by atoms with Gasteiger partial charge >= 0.3 is 5.97 Å². The summed E-state index contributed by atoms with van der Waals surface area (Å²) in [4.78, 5) is 18.5. The minimum atomic E-state index is -0.550. The molecule has 27 heavy (non-hydrogen) atoms. The molecular formula is C19H28F2IN3O2. The summed E-state index contributed by atoms with van der Waals surface area (Å²) in [6.07, 6.45) is 1.85. The number of guanidine groups is 1. The summed E-state index contributed by atoms with van der Waals surface area (Å²) in [7, 11) is 0. The van der Waals surface area contributed by atoms with Gasteiger partial charge in [-0.15, -0.1) is 24.0 Å². The second-order valence-corrected chi connectivity index (χ2v) is 6.22. The molecule has 0 spiro atoms. The monoisotopic (exact) mass is 495 g/mol. The highest BCUT2D eigenvalue weighted by atomic mass is 127. The van der Waals surface area contributed by atoms with Gasteiger partial charge in [0.05, 0.1) is 12.5 Å². The van der Waals surface area contributed by atoms with Crippen LogP contribution in [0.1, 0.15) is 32.3 Å². The second-order valence-electron chi connectivity index (χ2n) is 6.22. The van der Waals surface area contributed by atoms with Crippen LogP contribution < -0.4 is 5.32 Å². The molecule has 0 saturated carbocycles. The van der Waals surface area contributed by atoms with Crippen LogP contribution in [-0.4, -0.2) is 49.6 Å². The number of nitrogens with zero attached hydrogens (tertiary/aromatic N) is 2. The standard InChI is InChI=1S/C19H27F2N3O2.HI/c1-3-22-19(23-11-10-15-16(20)8-5-9-17(15)21)24-12-6-7-14(13-24)18(25)26-4-2;/h5,8-9,14H,3-4,6-7,10-13H2,1-2H3,(H,22,23);1H. The molecule has 1 unspecified atom stereocenters. The number of likely N-dealkylation sites (tertiary alicyclic amines) is 1. The van der Waals surface area contributed by atoms with Crippen molar-refractivity contribution in [1.29, 1.82) is 0 Å². The van der Waals surface area contributed by atoms with Gasteiger partial charge in [-0.2, -0.15) is 0 Å². The maximum absolute atomic E-state index is 13.7. The van der Waals surface area contributed by atoms with Crippen molar-refractivity contribution in [1.82, 2.24) is 10.2 Å². The normalized spacial score (nSPS) is 17.3. The molecule has 0 amide bonds. The fourth-order valence-corrected chi connectivity index (χ4v) is 3.09. The summed E-state index contributed by atoms with van der Waals surface area (Å²) in [5, 5.41) is 3.20. The van der Waals surface area contributed by atoms with Crippen LogP contribution in [0.4, 0.5) is 8.78 Å². The summed E-state index contributed by atoms with van der Waals surface area (Å²) in [6, 6.07) is 3.86. The number of nitrogens with one attached hydrogen (secondary N) is 1. The van der Waals surface area contributed by atoms with Crippen molar-refractivity contribution in [2.75, 3.05) is 32.8 Å². The first kappa shape index (κ1) is 23.6. The number of hydrogen-bond donors (Lipinski definition) is 1. The maximum Gasteiger partial charge on any atom is 0.310 e. The smallest absolute Gasteiger partial charge is 0.310 e. The fourth-order valence-electron chi connectivity index (χ4n) is 3.09. The van der Waals surface area contributed by atoms with E-state index >= 15 is 0 Å². The summed E-state index contributed by atoms with van der Waals surface area (Å²) < 4.78 is 32.6. The lowest BCUT2D eigenvalue weighted by atomic mass is 9.98. The fraction of sp³-hybridized carbons (Fsp3) is 0.579. The third kappa shape index (κ3) is 6.90. The zero-order chi connectivity index (χ0) is 18.9. The Bertz CT molecular complexity index is 623.